The van der Waals surface area contributed by atoms with Crippen LogP contribution in [-0.2, 0) is 6.42 Å². The van der Waals surface area contributed by atoms with Crippen LogP contribution in [0, 0.1) is 0 Å². The van der Waals surface area contributed by atoms with Gasteiger partial charge in [-0.25, -0.2) is 0 Å². The van der Waals surface area contributed by atoms with E-state index in [1.165, 1.54) is 44.5 Å². The second kappa shape index (κ2) is 6.15. The number of nitrogen functional groups attached to an aromatic ring is 1. The molecule has 2 N–H and O–H groups in total. The summed E-state index contributed by atoms with van der Waals surface area (Å²) in [5.74, 6) is 0. The van der Waals surface area contributed by atoms with Crippen LogP contribution in [0.5, 0.6) is 0 Å². The van der Waals surface area contributed by atoms with Gasteiger partial charge in [-0.15, -0.1) is 0 Å². The summed E-state index contributed by atoms with van der Waals surface area (Å²) in [7, 11) is 0. The molecule has 3 heteroatoms. The Labute approximate surface area is 122 Å². The van der Waals surface area contributed by atoms with E-state index in [-0.39, 0.29) is 0 Å². The maximum atomic E-state index is 6.05. The molecule has 2 fully saturated rings. The first kappa shape index (κ1) is 13.9. The fraction of sp³-hybridized carbons (Fsp3) is 0.647. The number of para-hydroxylation sites is 1. The zero-order chi connectivity index (χ0) is 13.9. The standard InChI is InChI=1S/C17H27N3/c1-14-12-20-10-5-4-7-16(20)13-19(14)11-9-15-6-2-3-8-17(15)18/h2-3,6,8,14,16H,4-5,7,9-13,18H2,1H3. The highest BCUT2D eigenvalue weighted by atomic mass is 15.3. The fourth-order valence-corrected chi connectivity index (χ4v) is 3.75. The van der Waals surface area contributed by atoms with Crippen LogP contribution < -0.4 is 5.73 Å². The van der Waals surface area contributed by atoms with Gasteiger partial charge < -0.3 is 5.73 Å². The first-order valence-corrected chi connectivity index (χ1v) is 8.05. The van der Waals surface area contributed by atoms with Gasteiger partial charge in [-0.1, -0.05) is 24.6 Å². The molecular formula is C17H27N3. The first-order chi connectivity index (χ1) is 9.74. The van der Waals surface area contributed by atoms with Crippen molar-refractivity contribution in [2.24, 2.45) is 0 Å². The van der Waals surface area contributed by atoms with Gasteiger partial charge in [0.15, 0.2) is 0 Å². The van der Waals surface area contributed by atoms with E-state index in [4.69, 9.17) is 5.73 Å². The average Bonchev–Trinajstić information content (AvgIpc) is 2.46. The van der Waals surface area contributed by atoms with Gasteiger partial charge in [0.25, 0.3) is 0 Å². The van der Waals surface area contributed by atoms with E-state index in [1.807, 2.05) is 12.1 Å². The number of nitrogens with zero attached hydrogens (tertiary/aromatic N) is 2. The number of nitrogens with two attached hydrogens (primary N) is 1. The quantitative estimate of drug-likeness (QED) is 0.858. The van der Waals surface area contributed by atoms with Gasteiger partial charge in [-0.3, -0.25) is 9.80 Å². The van der Waals surface area contributed by atoms with E-state index in [0.29, 0.717) is 6.04 Å². The van der Waals surface area contributed by atoms with E-state index >= 15 is 0 Å². The zero-order valence-electron chi connectivity index (χ0n) is 12.6. The molecule has 0 bridgehead atoms. The summed E-state index contributed by atoms with van der Waals surface area (Å²) in [4.78, 5) is 5.38. The summed E-state index contributed by atoms with van der Waals surface area (Å²) in [6, 6.07) is 9.76. The van der Waals surface area contributed by atoms with Crippen LogP contribution in [0.2, 0.25) is 0 Å². The minimum Gasteiger partial charge on any atom is -0.399 e. The lowest BCUT2D eigenvalue weighted by Gasteiger charge is -2.47. The van der Waals surface area contributed by atoms with E-state index in [0.717, 1.165) is 24.7 Å². The molecule has 20 heavy (non-hydrogen) atoms. The van der Waals surface area contributed by atoms with E-state index in [1.54, 1.807) is 0 Å². The third kappa shape index (κ3) is 2.99. The van der Waals surface area contributed by atoms with E-state index < -0.39 is 0 Å². The number of piperazine rings is 1. The molecule has 3 nitrogen and oxygen atoms in total. The van der Waals surface area contributed by atoms with Crippen molar-refractivity contribution in [1.29, 1.82) is 0 Å². The van der Waals surface area contributed by atoms with Crippen molar-refractivity contribution in [3.8, 4) is 0 Å². The van der Waals surface area contributed by atoms with Crippen molar-refractivity contribution in [2.75, 3.05) is 31.9 Å². The number of hydrogen-bond donors (Lipinski definition) is 1. The second-order valence-electron chi connectivity index (χ2n) is 6.44. The maximum absolute atomic E-state index is 6.05. The smallest absolute Gasteiger partial charge is 0.0347 e. The summed E-state index contributed by atoms with van der Waals surface area (Å²) < 4.78 is 0. The van der Waals surface area contributed by atoms with Crippen LogP contribution in [0.3, 0.4) is 0 Å². The minimum absolute atomic E-state index is 0.675. The molecule has 0 radical (unpaired) electrons. The normalized spacial score (nSPS) is 28.2. The SMILES string of the molecule is CC1CN2CCCCC2CN1CCc1ccccc1N. The topological polar surface area (TPSA) is 32.5 Å². The van der Waals surface area contributed by atoms with Crippen molar-refractivity contribution in [3.63, 3.8) is 0 Å². The monoisotopic (exact) mass is 273 g/mol. The van der Waals surface area contributed by atoms with E-state index in [9.17, 15) is 0 Å². The van der Waals surface area contributed by atoms with Crippen molar-refractivity contribution >= 4 is 5.69 Å². The number of benzene rings is 1. The van der Waals surface area contributed by atoms with Crippen molar-refractivity contribution < 1.29 is 0 Å². The lowest BCUT2D eigenvalue weighted by Crippen LogP contribution is -2.58. The molecular weight excluding hydrogens is 246 g/mol. The Kier molecular flexibility index (Phi) is 4.27. The number of anilines is 1. The molecule has 2 aliphatic rings. The Morgan fingerprint density at radius 1 is 1.20 bits per heavy atom. The lowest BCUT2D eigenvalue weighted by molar-refractivity contribution is 0.0160. The fourth-order valence-electron chi connectivity index (χ4n) is 3.75. The molecule has 2 heterocycles. The molecule has 1 aromatic carbocycles. The van der Waals surface area contributed by atoms with Crippen LogP contribution in [0.25, 0.3) is 0 Å². The molecule has 0 aliphatic carbocycles. The Bertz CT molecular complexity index is 446. The largest absolute Gasteiger partial charge is 0.399 e. The van der Waals surface area contributed by atoms with Gasteiger partial charge >= 0.3 is 0 Å². The summed E-state index contributed by atoms with van der Waals surface area (Å²) in [5.41, 5.74) is 8.29. The van der Waals surface area contributed by atoms with Crippen LogP contribution in [0.4, 0.5) is 5.69 Å². The van der Waals surface area contributed by atoms with Crippen molar-refractivity contribution in [1.82, 2.24) is 9.80 Å². The maximum Gasteiger partial charge on any atom is 0.0347 e. The van der Waals surface area contributed by atoms with Crippen LogP contribution in [0.1, 0.15) is 31.7 Å². The number of piperidine rings is 1. The lowest BCUT2D eigenvalue weighted by atomic mass is 9.96. The second-order valence-corrected chi connectivity index (χ2v) is 6.44. The molecule has 3 rings (SSSR count). The molecule has 0 spiro atoms. The first-order valence-electron chi connectivity index (χ1n) is 8.05. The number of rotatable bonds is 3. The average molecular weight is 273 g/mol. The molecule has 0 saturated carbocycles. The molecule has 2 unspecified atom stereocenters. The summed E-state index contributed by atoms with van der Waals surface area (Å²) in [5, 5.41) is 0. The predicted octanol–water partition coefficient (Wildman–Crippen LogP) is 2.37. The molecule has 2 atom stereocenters. The molecule has 0 amide bonds. The van der Waals surface area contributed by atoms with Crippen LogP contribution in [-0.4, -0.2) is 48.1 Å². The Hall–Kier alpha value is -1.06. The molecule has 1 aromatic rings. The van der Waals surface area contributed by atoms with Gasteiger partial charge in [0.2, 0.25) is 0 Å². The molecule has 110 valence electrons. The summed E-state index contributed by atoms with van der Waals surface area (Å²) in [6.07, 6.45) is 5.26. The van der Waals surface area contributed by atoms with Gasteiger partial charge in [-0.2, -0.15) is 0 Å². The van der Waals surface area contributed by atoms with Crippen molar-refractivity contribution in [2.45, 2.75) is 44.7 Å². The van der Waals surface area contributed by atoms with Crippen molar-refractivity contribution in [3.05, 3.63) is 29.8 Å². The highest BCUT2D eigenvalue weighted by molar-refractivity contribution is 5.46. The Morgan fingerprint density at radius 2 is 2.05 bits per heavy atom. The molecule has 0 aromatic heterocycles. The van der Waals surface area contributed by atoms with E-state index in [2.05, 4.69) is 28.9 Å². The van der Waals surface area contributed by atoms with Gasteiger partial charge in [0.1, 0.15) is 0 Å². The third-order valence-electron chi connectivity index (χ3n) is 5.04. The number of hydrogen-bond acceptors (Lipinski definition) is 3. The van der Waals surface area contributed by atoms with Gasteiger partial charge in [-0.05, 0) is 44.4 Å². The van der Waals surface area contributed by atoms with Gasteiger partial charge in [0.05, 0.1) is 0 Å². The highest BCUT2D eigenvalue weighted by Gasteiger charge is 2.32. The Morgan fingerprint density at radius 3 is 2.90 bits per heavy atom. The summed E-state index contributed by atoms with van der Waals surface area (Å²) >= 11 is 0. The third-order valence-corrected chi connectivity index (χ3v) is 5.04. The predicted molar refractivity (Wildman–Crippen MR) is 84.8 cm³/mol. The molecule has 2 aliphatic heterocycles. The van der Waals surface area contributed by atoms with Crippen LogP contribution in [0.15, 0.2) is 24.3 Å². The minimum atomic E-state index is 0.675. The van der Waals surface area contributed by atoms with Crippen LogP contribution >= 0.6 is 0 Å². The molecule has 2 saturated heterocycles. The summed E-state index contributed by atoms with van der Waals surface area (Å²) in [6.45, 7) is 7.32. The number of fused-ring (bicyclic) bond motifs is 1. The Balaban J connectivity index is 1.58. The zero-order valence-corrected chi connectivity index (χ0v) is 12.6. The highest BCUT2D eigenvalue weighted by Crippen LogP contribution is 2.24. The van der Waals surface area contributed by atoms with Gasteiger partial charge in [0, 0.05) is 37.4 Å².